The second-order valence-corrected chi connectivity index (χ2v) is 5.25. The minimum atomic E-state index is -0.224. The van der Waals surface area contributed by atoms with Gasteiger partial charge in [-0.1, -0.05) is 32.4 Å². The van der Waals surface area contributed by atoms with Gasteiger partial charge in [0.2, 0.25) is 0 Å². The quantitative estimate of drug-likeness (QED) is 0.773. The van der Waals surface area contributed by atoms with Gasteiger partial charge in [0.1, 0.15) is 0 Å². The number of nitrogens with zero attached hydrogens (tertiary/aromatic N) is 2. The molecule has 4 nitrogen and oxygen atoms in total. The number of aliphatic hydroxyl groups is 1. The van der Waals surface area contributed by atoms with Crippen molar-refractivity contribution < 1.29 is 5.11 Å². The lowest BCUT2D eigenvalue weighted by molar-refractivity contribution is 0.148. The molecule has 0 atom stereocenters. The van der Waals surface area contributed by atoms with Crippen LogP contribution in [0.4, 0.5) is 0 Å². The number of rotatable bonds is 8. The highest BCUT2D eigenvalue weighted by molar-refractivity contribution is 6.31. The van der Waals surface area contributed by atoms with E-state index in [1.54, 1.807) is 0 Å². The molecule has 110 valence electrons. The normalized spacial score (nSPS) is 12.1. The van der Waals surface area contributed by atoms with E-state index in [1.807, 2.05) is 4.68 Å². The van der Waals surface area contributed by atoms with Crippen LogP contribution in [0.25, 0.3) is 0 Å². The van der Waals surface area contributed by atoms with Crippen LogP contribution in [0.3, 0.4) is 0 Å². The van der Waals surface area contributed by atoms with Gasteiger partial charge >= 0.3 is 0 Å². The van der Waals surface area contributed by atoms with Crippen LogP contribution in [0.1, 0.15) is 51.9 Å². The van der Waals surface area contributed by atoms with E-state index in [2.05, 4.69) is 38.1 Å². The van der Waals surface area contributed by atoms with Crippen LogP contribution < -0.4 is 5.32 Å². The van der Waals surface area contributed by atoms with E-state index in [0.29, 0.717) is 6.54 Å². The van der Waals surface area contributed by atoms with Crippen molar-refractivity contribution in [2.45, 2.75) is 65.6 Å². The van der Waals surface area contributed by atoms with E-state index < -0.39 is 0 Å². The minimum Gasteiger partial charge on any atom is -0.394 e. The first kappa shape index (κ1) is 16.5. The molecule has 1 rings (SSSR count). The second kappa shape index (κ2) is 7.27. The lowest BCUT2D eigenvalue weighted by Crippen LogP contribution is -2.47. The van der Waals surface area contributed by atoms with Crippen molar-refractivity contribution in [2.24, 2.45) is 0 Å². The standard InChI is InChI=1S/C14H26ClN3O/c1-5-11-13(15)12(18(8-4)17-11)9-16-14(6-2,7-3)10-19/h16,19H,5-10H2,1-4H3. The maximum Gasteiger partial charge on any atom is 0.0863 e. The highest BCUT2D eigenvalue weighted by Crippen LogP contribution is 2.23. The van der Waals surface area contributed by atoms with Gasteiger partial charge in [-0.2, -0.15) is 5.10 Å². The van der Waals surface area contributed by atoms with Gasteiger partial charge in [-0.25, -0.2) is 0 Å². The fraction of sp³-hybridized carbons (Fsp3) is 0.786. The third-order valence-corrected chi connectivity index (χ3v) is 4.42. The fourth-order valence-electron chi connectivity index (χ4n) is 2.24. The van der Waals surface area contributed by atoms with Crippen LogP contribution in [0, 0.1) is 0 Å². The average Bonchev–Trinajstić information content (AvgIpc) is 2.77. The van der Waals surface area contributed by atoms with Gasteiger partial charge in [-0.3, -0.25) is 4.68 Å². The molecular weight excluding hydrogens is 262 g/mol. The molecule has 0 aliphatic heterocycles. The molecule has 0 spiro atoms. The first-order valence-electron chi connectivity index (χ1n) is 7.17. The monoisotopic (exact) mass is 287 g/mol. The molecule has 0 fully saturated rings. The molecule has 0 amide bonds. The SMILES string of the molecule is CCc1nn(CC)c(CNC(CC)(CC)CO)c1Cl. The van der Waals surface area contributed by atoms with Gasteiger partial charge in [-0.15, -0.1) is 0 Å². The number of aryl methyl sites for hydroxylation is 2. The van der Waals surface area contributed by atoms with E-state index in [4.69, 9.17) is 11.6 Å². The van der Waals surface area contributed by atoms with Crippen LogP contribution in [0.2, 0.25) is 5.02 Å². The summed E-state index contributed by atoms with van der Waals surface area (Å²) < 4.78 is 1.95. The summed E-state index contributed by atoms with van der Waals surface area (Å²) in [7, 11) is 0. The third-order valence-electron chi connectivity index (χ3n) is 3.98. The number of aromatic nitrogens is 2. The van der Waals surface area contributed by atoms with Gasteiger partial charge in [0.25, 0.3) is 0 Å². The summed E-state index contributed by atoms with van der Waals surface area (Å²) in [6.45, 7) is 9.88. The molecule has 0 unspecified atom stereocenters. The molecule has 0 aliphatic rings. The Bertz CT molecular complexity index is 391. The third kappa shape index (κ3) is 3.50. The van der Waals surface area contributed by atoms with Gasteiger partial charge in [0.15, 0.2) is 0 Å². The van der Waals surface area contributed by atoms with Crippen molar-refractivity contribution in [1.29, 1.82) is 0 Å². The summed E-state index contributed by atoms with van der Waals surface area (Å²) in [6.07, 6.45) is 2.61. The molecule has 19 heavy (non-hydrogen) atoms. The van der Waals surface area contributed by atoms with Gasteiger partial charge in [0.05, 0.1) is 23.0 Å². The Morgan fingerprint density at radius 1 is 1.26 bits per heavy atom. The zero-order chi connectivity index (χ0) is 14.5. The van der Waals surface area contributed by atoms with Gasteiger partial charge in [0, 0.05) is 18.6 Å². The van der Waals surface area contributed by atoms with E-state index in [-0.39, 0.29) is 12.1 Å². The van der Waals surface area contributed by atoms with E-state index >= 15 is 0 Å². The summed E-state index contributed by atoms with van der Waals surface area (Å²) in [6, 6.07) is 0. The number of hydrogen-bond acceptors (Lipinski definition) is 3. The second-order valence-electron chi connectivity index (χ2n) is 4.88. The fourth-order valence-corrected chi connectivity index (χ4v) is 2.57. The Labute approximate surface area is 121 Å². The zero-order valence-electron chi connectivity index (χ0n) is 12.5. The van der Waals surface area contributed by atoms with Crippen molar-refractivity contribution in [3.05, 3.63) is 16.4 Å². The topological polar surface area (TPSA) is 50.1 Å². The predicted molar refractivity (Wildman–Crippen MR) is 79.5 cm³/mol. The van der Waals surface area contributed by atoms with Crippen LogP contribution >= 0.6 is 11.6 Å². The Kier molecular flexibility index (Phi) is 6.30. The molecule has 5 heteroatoms. The summed E-state index contributed by atoms with van der Waals surface area (Å²) in [4.78, 5) is 0. The molecule has 0 aliphatic carbocycles. The van der Waals surface area contributed by atoms with Crippen molar-refractivity contribution in [3.8, 4) is 0 Å². The van der Waals surface area contributed by atoms with Gasteiger partial charge < -0.3 is 10.4 Å². The summed E-state index contributed by atoms with van der Waals surface area (Å²) in [5, 5.41) is 18.3. The Balaban J connectivity index is 2.90. The van der Waals surface area contributed by atoms with Crippen LogP contribution in [0.15, 0.2) is 0 Å². The molecule has 0 bridgehead atoms. The zero-order valence-corrected chi connectivity index (χ0v) is 13.2. The molecule has 2 N–H and O–H groups in total. The largest absolute Gasteiger partial charge is 0.394 e. The van der Waals surface area contributed by atoms with E-state index in [0.717, 1.165) is 42.2 Å². The Morgan fingerprint density at radius 2 is 1.89 bits per heavy atom. The summed E-state index contributed by atoms with van der Waals surface area (Å²) in [5.74, 6) is 0. The number of aliphatic hydroxyl groups excluding tert-OH is 1. The van der Waals surface area contributed by atoms with E-state index in [1.165, 1.54) is 0 Å². The van der Waals surface area contributed by atoms with Crippen molar-refractivity contribution >= 4 is 11.6 Å². The number of nitrogens with one attached hydrogen (secondary N) is 1. The molecular formula is C14H26ClN3O. The van der Waals surface area contributed by atoms with Crippen LogP contribution in [0.5, 0.6) is 0 Å². The van der Waals surface area contributed by atoms with E-state index in [9.17, 15) is 5.11 Å². The number of hydrogen-bond donors (Lipinski definition) is 2. The highest BCUT2D eigenvalue weighted by Gasteiger charge is 2.25. The average molecular weight is 288 g/mol. The lowest BCUT2D eigenvalue weighted by Gasteiger charge is -2.31. The van der Waals surface area contributed by atoms with Crippen LogP contribution in [-0.4, -0.2) is 27.0 Å². The van der Waals surface area contributed by atoms with Crippen molar-refractivity contribution in [2.75, 3.05) is 6.61 Å². The molecule has 1 aromatic heterocycles. The first-order chi connectivity index (χ1) is 9.07. The summed E-state index contributed by atoms with van der Waals surface area (Å²) >= 11 is 6.38. The molecule has 0 saturated heterocycles. The smallest absolute Gasteiger partial charge is 0.0863 e. The molecule has 0 radical (unpaired) electrons. The number of halogens is 1. The molecule has 0 aromatic carbocycles. The van der Waals surface area contributed by atoms with Gasteiger partial charge in [-0.05, 0) is 26.2 Å². The molecule has 0 saturated carbocycles. The minimum absolute atomic E-state index is 0.137. The first-order valence-corrected chi connectivity index (χ1v) is 7.55. The highest BCUT2D eigenvalue weighted by atomic mass is 35.5. The maximum atomic E-state index is 9.58. The van der Waals surface area contributed by atoms with Crippen LogP contribution in [-0.2, 0) is 19.5 Å². The Morgan fingerprint density at radius 3 is 2.32 bits per heavy atom. The van der Waals surface area contributed by atoms with Crippen molar-refractivity contribution in [3.63, 3.8) is 0 Å². The molecule has 1 heterocycles. The molecule has 1 aromatic rings. The van der Waals surface area contributed by atoms with Crippen molar-refractivity contribution in [1.82, 2.24) is 15.1 Å². The lowest BCUT2D eigenvalue weighted by atomic mass is 9.94. The predicted octanol–water partition coefficient (Wildman–Crippen LogP) is 2.76. The maximum absolute atomic E-state index is 9.58. The Hall–Kier alpha value is -0.580. The summed E-state index contributed by atoms with van der Waals surface area (Å²) in [5.41, 5.74) is 1.74.